The first-order valence-corrected chi connectivity index (χ1v) is 9.51. The van der Waals surface area contributed by atoms with Gasteiger partial charge in [0, 0.05) is 24.7 Å². The average molecular weight is 366 g/mol. The molecule has 0 bridgehead atoms. The Bertz CT molecular complexity index is 763. The molecule has 0 aliphatic heterocycles. The molecular formula is C22H26N2O3. The van der Waals surface area contributed by atoms with Gasteiger partial charge in [-0.05, 0) is 67.6 Å². The van der Waals surface area contributed by atoms with Crippen molar-refractivity contribution >= 4 is 17.5 Å². The van der Waals surface area contributed by atoms with Crippen molar-refractivity contribution in [2.75, 3.05) is 5.32 Å². The van der Waals surface area contributed by atoms with Crippen molar-refractivity contribution in [2.45, 2.75) is 51.7 Å². The van der Waals surface area contributed by atoms with Gasteiger partial charge in [0.1, 0.15) is 5.75 Å². The highest BCUT2D eigenvalue weighted by Gasteiger charge is 2.14. The Morgan fingerprint density at radius 3 is 2.26 bits per heavy atom. The van der Waals surface area contributed by atoms with E-state index in [4.69, 9.17) is 4.74 Å². The topological polar surface area (TPSA) is 67.4 Å². The molecule has 2 amide bonds. The summed E-state index contributed by atoms with van der Waals surface area (Å²) in [4.78, 5) is 23.3. The summed E-state index contributed by atoms with van der Waals surface area (Å²) in [5, 5.41) is 5.59. The highest BCUT2D eigenvalue weighted by Crippen LogP contribution is 2.23. The minimum atomic E-state index is -0.146. The van der Waals surface area contributed by atoms with E-state index in [1.807, 2.05) is 24.3 Å². The van der Waals surface area contributed by atoms with Crippen LogP contribution < -0.4 is 15.4 Å². The molecule has 1 aliphatic rings. The van der Waals surface area contributed by atoms with E-state index in [1.165, 1.54) is 26.2 Å². The number of benzene rings is 2. The second-order valence-corrected chi connectivity index (χ2v) is 6.96. The van der Waals surface area contributed by atoms with Crippen LogP contribution in [-0.2, 0) is 11.3 Å². The lowest BCUT2D eigenvalue weighted by molar-refractivity contribution is -0.114. The summed E-state index contributed by atoms with van der Waals surface area (Å²) in [6.07, 6.45) is 6.43. The molecule has 0 radical (unpaired) electrons. The fourth-order valence-electron chi connectivity index (χ4n) is 3.25. The lowest BCUT2D eigenvalue weighted by atomic mass is 9.98. The van der Waals surface area contributed by atoms with Crippen LogP contribution in [0, 0.1) is 0 Å². The third kappa shape index (κ3) is 5.84. The third-order valence-corrected chi connectivity index (χ3v) is 4.70. The number of nitrogens with one attached hydrogen (secondary N) is 2. The summed E-state index contributed by atoms with van der Waals surface area (Å²) >= 11 is 0. The highest BCUT2D eigenvalue weighted by molar-refractivity contribution is 5.95. The molecule has 5 heteroatoms. The van der Waals surface area contributed by atoms with Crippen LogP contribution in [0.15, 0.2) is 48.5 Å². The Hall–Kier alpha value is -2.82. The standard InChI is InChI=1S/C22H26N2O3/c1-16(25)24-19-11-9-18(10-12-19)22(26)23-15-17-7-13-21(14-8-17)27-20-5-3-2-4-6-20/h7-14,20H,2-6,15H2,1H3,(H,23,26)(H,24,25). The van der Waals surface area contributed by atoms with Gasteiger partial charge in [0.15, 0.2) is 0 Å². The molecule has 2 N–H and O–H groups in total. The van der Waals surface area contributed by atoms with Gasteiger partial charge >= 0.3 is 0 Å². The highest BCUT2D eigenvalue weighted by atomic mass is 16.5. The van der Waals surface area contributed by atoms with Crippen molar-refractivity contribution in [2.24, 2.45) is 0 Å². The minimum absolute atomic E-state index is 0.136. The molecule has 0 aromatic heterocycles. The zero-order valence-corrected chi connectivity index (χ0v) is 15.7. The fourth-order valence-corrected chi connectivity index (χ4v) is 3.25. The van der Waals surface area contributed by atoms with Crippen LogP contribution in [0.4, 0.5) is 5.69 Å². The van der Waals surface area contributed by atoms with Crippen molar-refractivity contribution in [1.29, 1.82) is 0 Å². The quantitative estimate of drug-likeness (QED) is 0.801. The van der Waals surface area contributed by atoms with Gasteiger partial charge in [-0.25, -0.2) is 0 Å². The summed E-state index contributed by atoms with van der Waals surface area (Å²) < 4.78 is 6.03. The van der Waals surface area contributed by atoms with E-state index in [0.29, 0.717) is 23.9 Å². The van der Waals surface area contributed by atoms with E-state index in [1.54, 1.807) is 24.3 Å². The predicted octanol–water partition coefficient (Wildman–Crippen LogP) is 4.29. The van der Waals surface area contributed by atoms with Crippen molar-refractivity contribution in [3.63, 3.8) is 0 Å². The number of carbonyl (C=O) groups is 2. The first-order chi connectivity index (χ1) is 13.1. The lowest BCUT2D eigenvalue weighted by Crippen LogP contribution is -2.22. The van der Waals surface area contributed by atoms with Gasteiger partial charge in [-0.1, -0.05) is 18.6 Å². The Labute approximate surface area is 160 Å². The first kappa shape index (κ1) is 19.0. The maximum absolute atomic E-state index is 12.3. The van der Waals surface area contributed by atoms with Crippen LogP contribution >= 0.6 is 0 Å². The van der Waals surface area contributed by atoms with Crippen LogP contribution in [0.1, 0.15) is 54.9 Å². The summed E-state index contributed by atoms with van der Waals surface area (Å²) in [5.41, 5.74) is 2.25. The van der Waals surface area contributed by atoms with Crippen molar-refractivity contribution in [3.8, 4) is 5.75 Å². The molecule has 1 fully saturated rings. The first-order valence-electron chi connectivity index (χ1n) is 9.51. The molecule has 2 aromatic rings. The van der Waals surface area contributed by atoms with Gasteiger partial charge in [-0.2, -0.15) is 0 Å². The van der Waals surface area contributed by atoms with Crippen LogP contribution in [0.3, 0.4) is 0 Å². The number of anilines is 1. The molecule has 0 saturated heterocycles. The summed E-state index contributed by atoms with van der Waals surface area (Å²) in [6, 6.07) is 14.7. The Morgan fingerprint density at radius 2 is 1.63 bits per heavy atom. The lowest BCUT2D eigenvalue weighted by Gasteiger charge is -2.23. The predicted molar refractivity (Wildman–Crippen MR) is 106 cm³/mol. The Kier molecular flexibility index (Phi) is 6.47. The van der Waals surface area contributed by atoms with Gasteiger partial charge < -0.3 is 15.4 Å². The zero-order valence-electron chi connectivity index (χ0n) is 15.7. The third-order valence-electron chi connectivity index (χ3n) is 4.70. The van der Waals surface area contributed by atoms with Gasteiger partial charge in [-0.3, -0.25) is 9.59 Å². The molecule has 3 rings (SSSR count). The van der Waals surface area contributed by atoms with Crippen LogP contribution in [-0.4, -0.2) is 17.9 Å². The molecule has 0 spiro atoms. The van der Waals surface area contributed by atoms with Crippen molar-refractivity contribution in [3.05, 3.63) is 59.7 Å². The molecular weight excluding hydrogens is 340 g/mol. The molecule has 0 unspecified atom stereocenters. The second-order valence-electron chi connectivity index (χ2n) is 6.96. The maximum atomic E-state index is 12.3. The summed E-state index contributed by atoms with van der Waals surface area (Å²) in [6.45, 7) is 1.90. The smallest absolute Gasteiger partial charge is 0.251 e. The van der Waals surface area contributed by atoms with Gasteiger partial charge in [0.25, 0.3) is 5.91 Å². The van der Waals surface area contributed by atoms with Gasteiger partial charge in [-0.15, -0.1) is 0 Å². The number of amides is 2. The van der Waals surface area contributed by atoms with E-state index < -0.39 is 0 Å². The van der Waals surface area contributed by atoms with E-state index >= 15 is 0 Å². The van der Waals surface area contributed by atoms with E-state index in [0.717, 1.165) is 24.2 Å². The van der Waals surface area contributed by atoms with Gasteiger partial charge in [0.05, 0.1) is 6.10 Å². The number of carbonyl (C=O) groups excluding carboxylic acids is 2. The van der Waals surface area contributed by atoms with Crippen LogP contribution in [0.25, 0.3) is 0 Å². The number of hydrogen-bond acceptors (Lipinski definition) is 3. The number of rotatable bonds is 6. The van der Waals surface area contributed by atoms with Crippen molar-refractivity contribution < 1.29 is 14.3 Å². The molecule has 2 aromatic carbocycles. The molecule has 5 nitrogen and oxygen atoms in total. The minimum Gasteiger partial charge on any atom is -0.490 e. The molecule has 142 valence electrons. The number of ether oxygens (including phenoxy) is 1. The zero-order chi connectivity index (χ0) is 19.1. The molecule has 0 heterocycles. The Balaban J connectivity index is 1.48. The van der Waals surface area contributed by atoms with Crippen LogP contribution in [0.5, 0.6) is 5.75 Å². The summed E-state index contributed by atoms with van der Waals surface area (Å²) in [5.74, 6) is 0.612. The SMILES string of the molecule is CC(=O)Nc1ccc(C(=O)NCc2ccc(OC3CCCCC3)cc2)cc1. The molecule has 1 aliphatic carbocycles. The average Bonchev–Trinajstić information content (AvgIpc) is 2.68. The maximum Gasteiger partial charge on any atom is 0.251 e. The van der Waals surface area contributed by atoms with E-state index in [2.05, 4.69) is 10.6 Å². The largest absolute Gasteiger partial charge is 0.490 e. The molecule has 1 saturated carbocycles. The van der Waals surface area contributed by atoms with Crippen molar-refractivity contribution in [1.82, 2.24) is 5.32 Å². The fraction of sp³-hybridized carbons (Fsp3) is 0.364. The summed E-state index contributed by atoms with van der Waals surface area (Å²) in [7, 11) is 0. The molecule has 27 heavy (non-hydrogen) atoms. The Morgan fingerprint density at radius 1 is 0.963 bits per heavy atom. The van der Waals surface area contributed by atoms with Crippen LogP contribution in [0.2, 0.25) is 0 Å². The molecule has 0 atom stereocenters. The monoisotopic (exact) mass is 366 g/mol. The number of hydrogen-bond donors (Lipinski definition) is 2. The van der Waals surface area contributed by atoms with Gasteiger partial charge in [0.2, 0.25) is 5.91 Å². The second kappa shape index (κ2) is 9.21. The van der Waals surface area contributed by atoms with E-state index in [9.17, 15) is 9.59 Å². The van der Waals surface area contributed by atoms with E-state index in [-0.39, 0.29) is 11.8 Å². The normalized spacial score (nSPS) is 14.4.